The van der Waals surface area contributed by atoms with E-state index in [1.807, 2.05) is 12.1 Å². The topological polar surface area (TPSA) is 49.8 Å². The van der Waals surface area contributed by atoms with Gasteiger partial charge >= 0.3 is 5.97 Å². The van der Waals surface area contributed by atoms with Gasteiger partial charge in [0.2, 0.25) is 0 Å². The van der Waals surface area contributed by atoms with Gasteiger partial charge in [-0.15, -0.1) is 11.8 Å². The highest BCUT2D eigenvalue weighted by Crippen LogP contribution is 2.21. The molecule has 1 saturated heterocycles. The Balaban J connectivity index is 1.68. The van der Waals surface area contributed by atoms with Gasteiger partial charge in [0.1, 0.15) is 12.4 Å². The van der Waals surface area contributed by atoms with E-state index in [0.29, 0.717) is 12.5 Å². The van der Waals surface area contributed by atoms with Crippen molar-refractivity contribution < 1.29 is 14.6 Å². The number of aliphatic carboxylic acids is 1. The van der Waals surface area contributed by atoms with E-state index in [2.05, 4.69) is 23.3 Å². The average Bonchev–Trinajstić information content (AvgIpc) is 2.54. The van der Waals surface area contributed by atoms with E-state index in [9.17, 15) is 4.79 Å². The molecular weight excluding hydrogens is 298 g/mol. The number of nitrogens with zero attached hydrogens (tertiary/aromatic N) is 1. The standard InChI is InChI=1S/C17H25NO3S/c1-22-16-7-5-15(6-8-16)21-12-11-18-10-2-3-14(13-18)4-9-17(19)20/h5-8,14H,2-4,9-13H2,1H3,(H,19,20). The first-order valence-electron chi connectivity index (χ1n) is 7.88. The average molecular weight is 323 g/mol. The van der Waals surface area contributed by atoms with Crippen LogP contribution in [-0.4, -0.2) is 48.5 Å². The smallest absolute Gasteiger partial charge is 0.303 e. The van der Waals surface area contributed by atoms with E-state index < -0.39 is 5.97 Å². The molecule has 4 nitrogen and oxygen atoms in total. The van der Waals surface area contributed by atoms with Crippen LogP contribution >= 0.6 is 11.8 Å². The molecule has 0 aromatic heterocycles. The van der Waals surface area contributed by atoms with E-state index in [1.54, 1.807) is 11.8 Å². The number of carboxylic acids is 1. The highest BCUT2D eigenvalue weighted by atomic mass is 32.2. The molecule has 1 unspecified atom stereocenters. The van der Waals surface area contributed by atoms with Gasteiger partial charge in [-0.1, -0.05) is 0 Å². The molecule has 1 aliphatic rings. The fourth-order valence-electron chi connectivity index (χ4n) is 2.88. The lowest BCUT2D eigenvalue weighted by Crippen LogP contribution is -2.38. The minimum atomic E-state index is -0.686. The number of benzene rings is 1. The van der Waals surface area contributed by atoms with Gasteiger partial charge in [-0.3, -0.25) is 9.69 Å². The van der Waals surface area contributed by atoms with Crippen LogP contribution in [0, 0.1) is 5.92 Å². The number of likely N-dealkylation sites (tertiary alicyclic amines) is 1. The fourth-order valence-corrected chi connectivity index (χ4v) is 3.29. The van der Waals surface area contributed by atoms with E-state index in [-0.39, 0.29) is 6.42 Å². The highest BCUT2D eigenvalue weighted by molar-refractivity contribution is 7.98. The van der Waals surface area contributed by atoms with Crippen molar-refractivity contribution in [3.8, 4) is 5.75 Å². The van der Waals surface area contributed by atoms with Crippen LogP contribution < -0.4 is 4.74 Å². The Morgan fingerprint density at radius 2 is 2.18 bits per heavy atom. The van der Waals surface area contributed by atoms with Crippen LogP contribution in [0.2, 0.25) is 0 Å². The molecule has 1 aromatic rings. The number of ether oxygens (including phenoxy) is 1. The molecule has 0 aliphatic carbocycles. The van der Waals surface area contributed by atoms with Crippen LogP contribution in [0.25, 0.3) is 0 Å². The summed E-state index contributed by atoms with van der Waals surface area (Å²) in [5.74, 6) is 0.747. The van der Waals surface area contributed by atoms with Gasteiger partial charge < -0.3 is 9.84 Å². The van der Waals surface area contributed by atoms with Crippen LogP contribution in [0.5, 0.6) is 5.75 Å². The Kier molecular flexibility index (Phi) is 7.06. The SMILES string of the molecule is CSc1ccc(OCCN2CCCC(CCC(=O)O)C2)cc1. The molecule has 0 spiro atoms. The largest absolute Gasteiger partial charge is 0.492 e. The molecule has 1 N–H and O–H groups in total. The van der Waals surface area contributed by atoms with Crippen LogP contribution in [0.3, 0.4) is 0 Å². The summed E-state index contributed by atoms with van der Waals surface area (Å²) in [6, 6.07) is 8.17. The zero-order valence-electron chi connectivity index (χ0n) is 13.2. The Morgan fingerprint density at radius 1 is 1.41 bits per heavy atom. The zero-order chi connectivity index (χ0) is 15.8. The normalized spacial score (nSPS) is 19.0. The summed E-state index contributed by atoms with van der Waals surface area (Å²) < 4.78 is 5.80. The number of piperidine rings is 1. The van der Waals surface area contributed by atoms with Gasteiger partial charge in [0, 0.05) is 24.4 Å². The van der Waals surface area contributed by atoms with Crippen LogP contribution in [0.4, 0.5) is 0 Å². The molecule has 122 valence electrons. The van der Waals surface area contributed by atoms with Crippen molar-refractivity contribution in [1.82, 2.24) is 4.90 Å². The summed E-state index contributed by atoms with van der Waals surface area (Å²) in [4.78, 5) is 14.3. The molecule has 1 aromatic carbocycles. The first-order chi connectivity index (χ1) is 10.7. The van der Waals surface area contributed by atoms with Gasteiger partial charge in [-0.25, -0.2) is 0 Å². The maximum absolute atomic E-state index is 10.7. The molecule has 1 heterocycles. The van der Waals surface area contributed by atoms with Gasteiger partial charge in [0.05, 0.1) is 0 Å². The number of rotatable bonds is 8. The maximum Gasteiger partial charge on any atom is 0.303 e. The second-order valence-electron chi connectivity index (χ2n) is 5.77. The van der Waals surface area contributed by atoms with E-state index >= 15 is 0 Å². The summed E-state index contributed by atoms with van der Waals surface area (Å²) in [6.45, 7) is 3.69. The summed E-state index contributed by atoms with van der Waals surface area (Å²) in [7, 11) is 0. The molecule has 0 amide bonds. The lowest BCUT2D eigenvalue weighted by molar-refractivity contribution is -0.137. The minimum absolute atomic E-state index is 0.288. The molecule has 0 bridgehead atoms. The lowest BCUT2D eigenvalue weighted by atomic mass is 9.93. The lowest BCUT2D eigenvalue weighted by Gasteiger charge is -2.32. The third-order valence-corrected chi connectivity index (χ3v) is 4.85. The van der Waals surface area contributed by atoms with E-state index in [1.165, 1.54) is 4.90 Å². The number of thioether (sulfide) groups is 1. The second kappa shape index (κ2) is 9.06. The minimum Gasteiger partial charge on any atom is -0.492 e. The first-order valence-corrected chi connectivity index (χ1v) is 9.11. The molecule has 1 atom stereocenters. The predicted molar refractivity (Wildman–Crippen MR) is 89.8 cm³/mol. The Labute approximate surface area is 136 Å². The van der Waals surface area contributed by atoms with Crippen molar-refractivity contribution in [1.29, 1.82) is 0 Å². The maximum atomic E-state index is 10.7. The fraction of sp³-hybridized carbons (Fsp3) is 0.588. The Bertz CT molecular complexity index is 463. The molecule has 0 radical (unpaired) electrons. The number of carbonyl (C=O) groups is 1. The van der Waals surface area contributed by atoms with Crippen molar-refractivity contribution in [3.05, 3.63) is 24.3 Å². The van der Waals surface area contributed by atoms with Crippen molar-refractivity contribution in [2.24, 2.45) is 5.92 Å². The molecule has 5 heteroatoms. The Morgan fingerprint density at radius 3 is 2.86 bits per heavy atom. The third-order valence-electron chi connectivity index (χ3n) is 4.11. The summed E-state index contributed by atoms with van der Waals surface area (Å²) in [5.41, 5.74) is 0. The van der Waals surface area contributed by atoms with Crippen LogP contribution in [0.1, 0.15) is 25.7 Å². The van der Waals surface area contributed by atoms with E-state index in [4.69, 9.17) is 9.84 Å². The zero-order valence-corrected chi connectivity index (χ0v) is 14.0. The first kappa shape index (κ1) is 17.2. The van der Waals surface area contributed by atoms with Crippen molar-refractivity contribution in [2.75, 3.05) is 32.5 Å². The quantitative estimate of drug-likeness (QED) is 0.743. The second-order valence-corrected chi connectivity index (χ2v) is 6.64. The number of hydrogen-bond donors (Lipinski definition) is 1. The molecule has 22 heavy (non-hydrogen) atoms. The van der Waals surface area contributed by atoms with Gasteiger partial charge in [-0.2, -0.15) is 0 Å². The molecule has 2 rings (SSSR count). The van der Waals surface area contributed by atoms with E-state index in [0.717, 1.165) is 44.6 Å². The third kappa shape index (κ3) is 5.89. The summed E-state index contributed by atoms with van der Waals surface area (Å²) >= 11 is 1.73. The molecule has 1 fully saturated rings. The van der Waals surface area contributed by atoms with Crippen molar-refractivity contribution in [2.45, 2.75) is 30.6 Å². The molecule has 1 aliphatic heterocycles. The molecular formula is C17H25NO3S. The monoisotopic (exact) mass is 323 g/mol. The van der Waals surface area contributed by atoms with Gasteiger partial charge in [0.25, 0.3) is 0 Å². The van der Waals surface area contributed by atoms with Crippen LogP contribution in [-0.2, 0) is 4.79 Å². The van der Waals surface area contributed by atoms with Crippen molar-refractivity contribution >= 4 is 17.7 Å². The number of carboxylic acid groups (broad SMARTS) is 1. The molecule has 0 saturated carbocycles. The van der Waals surface area contributed by atoms with Crippen LogP contribution in [0.15, 0.2) is 29.2 Å². The van der Waals surface area contributed by atoms with Gasteiger partial charge in [0.15, 0.2) is 0 Å². The summed E-state index contributed by atoms with van der Waals surface area (Å²) in [5, 5.41) is 8.78. The highest BCUT2D eigenvalue weighted by Gasteiger charge is 2.20. The van der Waals surface area contributed by atoms with Crippen molar-refractivity contribution in [3.63, 3.8) is 0 Å². The van der Waals surface area contributed by atoms with Gasteiger partial charge in [-0.05, 0) is 62.2 Å². The number of hydrogen-bond acceptors (Lipinski definition) is 4. The Hall–Kier alpha value is -1.20. The predicted octanol–water partition coefficient (Wildman–Crippen LogP) is 3.36. The summed E-state index contributed by atoms with van der Waals surface area (Å²) in [6.07, 6.45) is 5.46.